The van der Waals surface area contributed by atoms with Gasteiger partial charge in [-0.15, -0.1) is 0 Å². The zero-order valence-electron chi connectivity index (χ0n) is 9.11. The summed E-state index contributed by atoms with van der Waals surface area (Å²) in [5, 5.41) is 8.97. The summed E-state index contributed by atoms with van der Waals surface area (Å²) in [5.41, 5.74) is 0.725. The number of hydrogen-bond acceptors (Lipinski definition) is 4. The largest absolute Gasteiger partial charge is 0.492 e. The molecule has 4 nitrogen and oxygen atoms in total. The molecule has 0 spiro atoms. The number of nitrogens with zero attached hydrogens (tertiary/aromatic N) is 1. The van der Waals surface area contributed by atoms with Crippen LogP contribution in [0.5, 0.6) is 5.75 Å². The molecule has 82 valence electrons. The highest BCUT2D eigenvalue weighted by Gasteiger charge is 2.14. The van der Waals surface area contributed by atoms with Gasteiger partial charge in [-0.1, -0.05) is 0 Å². The third kappa shape index (κ3) is 2.26. The first-order chi connectivity index (χ1) is 7.63. The molecule has 0 amide bonds. The van der Waals surface area contributed by atoms with Crippen LogP contribution in [0.3, 0.4) is 0 Å². The Labute approximate surface area is 93.5 Å². The number of aldehydes is 1. The molecule has 0 aromatic heterocycles. The summed E-state index contributed by atoms with van der Waals surface area (Å²) in [6.45, 7) is 3.48. The molecule has 0 atom stereocenters. The van der Waals surface area contributed by atoms with E-state index in [0.717, 1.165) is 0 Å². The molecular weight excluding hydrogens is 206 g/mol. The van der Waals surface area contributed by atoms with Gasteiger partial charge in [-0.25, -0.2) is 0 Å². The Hall–Kier alpha value is -2.15. The maximum absolute atomic E-state index is 11.3. The van der Waals surface area contributed by atoms with Crippen LogP contribution in [0.4, 0.5) is 0 Å². The van der Waals surface area contributed by atoms with E-state index in [1.54, 1.807) is 6.92 Å². The zero-order chi connectivity index (χ0) is 12.1. The fourth-order valence-electron chi connectivity index (χ4n) is 1.37. The van der Waals surface area contributed by atoms with Crippen LogP contribution >= 0.6 is 0 Å². The number of carbonyl (C=O) groups excluding carboxylic acids is 2. The quantitative estimate of drug-likeness (QED) is 0.571. The third-order valence-electron chi connectivity index (χ3n) is 2.05. The molecule has 0 saturated carbocycles. The van der Waals surface area contributed by atoms with Gasteiger partial charge in [0, 0.05) is 11.1 Å². The molecule has 0 aliphatic heterocycles. The lowest BCUT2D eigenvalue weighted by Gasteiger charge is -2.09. The van der Waals surface area contributed by atoms with Crippen molar-refractivity contribution in [2.24, 2.45) is 0 Å². The summed E-state index contributed by atoms with van der Waals surface area (Å²) in [6.07, 6.45) is 0.621. The van der Waals surface area contributed by atoms with Crippen molar-refractivity contribution in [3.05, 3.63) is 28.8 Å². The van der Waals surface area contributed by atoms with E-state index in [4.69, 9.17) is 10.00 Å². The molecule has 4 heteroatoms. The van der Waals surface area contributed by atoms with Crippen LogP contribution in [0.1, 0.15) is 40.1 Å². The Bertz CT molecular complexity index is 472. The van der Waals surface area contributed by atoms with E-state index < -0.39 is 0 Å². The van der Waals surface area contributed by atoms with Crippen LogP contribution < -0.4 is 4.74 Å². The van der Waals surface area contributed by atoms with E-state index >= 15 is 0 Å². The topological polar surface area (TPSA) is 67.2 Å². The van der Waals surface area contributed by atoms with Gasteiger partial charge in [0.1, 0.15) is 23.7 Å². The smallest absolute Gasteiger partial charge is 0.161 e. The van der Waals surface area contributed by atoms with Gasteiger partial charge < -0.3 is 4.74 Å². The maximum Gasteiger partial charge on any atom is 0.161 e. The number of hydrogen-bond donors (Lipinski definition) is 0. The molecule has 0 heterocycles. The summed E-state index contributed by atoms with van der Waals surface area (Å²) in [5.74, 6) is 0.0148. The second-order valence-electron chi connectivity index (χ2n) is 3.16. The van der Waals surface area contributed by atoms with E-state index in [1.807, 2.05) is 6.07 Å². The van der Waals surface area contributed by atoms with E-state index in [-0.39, 0.29) is 22.7 Å². The predicted octanol–water partition coefficient (Wildman–Crippen LogP) is 1.97. The van der Waals surface area contributed by atoms with Gasteiger partial charge >= 0.3 is 0 Å². The zero-order valence-corrected chi connectivity index (χ0v) is 9.11. The van der Waals surface area contributed by atoms with Crippen molar-refractivity contribution in [1.29, 1.82) is 5.26 Å². The van der Waals surface area contributed by atoms with Crippen LogP contribution in [0, 0.1) is 11.3 Å². The summed E-state index contributed by atoms with van der Waals surface area (Å²) in [6, 6.07) is 4.78. The van der Waals surface area contributed by atoms with Crippen LogP contribution in [0.2, 0.25) is 0 Å². The minimum atomic E-state index is -0.263. The minimum Gasteiger partial charge on any atom is -0.492 e. The van der Waals surface area contributed by atoms with Gasteiger partial charge in [0.15, 0.2) is 5.78 Å². The van der Waals surface area contributed by atoms with E-state index in [1.165, 1.54) is 19.1 Å². The molecule has 0 bridgehead atoms. The lowest BCUT2D eigenvalue weighted by molar-refractivity contribution is 0.101. The molecule has 0 aliphatic rings. The Morgan fingerprint density at radius 1 is 1.56 bits per heavy atom. The van der Waals surface area contributed by atoms with Gasteiger partial charge in [-0.2, -0.15) is 5.26 Å². The van der Waals surface area contributed by atoms with Crippen molar-refractivity contribution in [3.8, 4) is 11.8 Å². The van der Waals surface area contributed by atoms with Gasteiger partial charge in [0.05, 0.1) is 6.61 Å². The number of ketones is 1. The fraction of sp³-hybridized carbons (Fsp3) is 0.250. The molecule has 0 saturated heterocycles. The molecule has 0 fully saturated rings. The first kappa shape index (κ1) is 11.9. The number of rotatable bonds is 4. The Morgan fingerprint density at radius 3 is 2.69 bits per heavy atom. The molecule has 16 heavy (non-hydrogen) atoms. The predicted molar refractivity (Wildman–Crippen MR) is 57.7 cm³/mol. The van der Waals surface area contributed by atoms with Crippen molar-refractivity contribution >= 4 is 12.1 Å². The average Bonchev–Trinajstić information content (AvgIpc) is 2.28. The number of carbonyl (C=O) groups is 2. The second-order valence-corrected chi connectivity index (χ2v) is 3.16. The number of Topliss-reactive ketones (excluding diaryl/α,β-unsaturated/α-hetero) is 1. The summed E-state index contributed by atoms with van der Waals surface area (Å²) in [7, 11) is 0. The van der Waals surface area contributed by atoms with Gasteiger partial charge in [-0.3, -0.25) is 9.59 Å². The maximum atomic E-state index is 11.3. The Balaban J connectivity index is 3.47. The van der Waals surface area contributed by atoms with Gasteiger partial charge in [0.2, 0.25) is 0 Å². The van der Waals surface area contributed by atoms with E-state index in [0.29, 0.717) is 18.5 Å². The molecule has 0 aliphatic carbocycles. The Kier molecular flexibility index (Phi) is 3.78. The van der Waals surface area contributed by atoms with Crippen molar-refractivity contribution < 1.29 is 14.3 Å². The minimum absolute atomic E-state index is 0.181. The summed E-state index contributed by atoms with van der Waals surface area (Å²) in [4.78, 5) is 22.0. The van der Waals surface area contributed by atoms with E-state index in [9.17, 15) is 9.59 Å². The number of nitriles is 1. The lowest BCUT2D eigenvalue weighted by atomic mass is 10.0. The first-order valence-electron chi connectivity index (χ1n) is 4.81. The third-order valence-corrected chi connectivity index (χ3v) is 2.05. The van der Waals surface area contributed by atoms with Crippen molar-refractivity contribution in [3.63, 3.8) is 0 Å². The SMILES string of the molecule is CCOc1cc(C=O)cc(C(C)=O)c1C#N. The highest BCUT2D eigenvalue weighted by atomic mass is 16.5. The molecule has 1 rings (SSSR count). The first-order valence-corrected chi connectivity index (χ1v) is 4.81. The molecule has 1 aromatic carbocycles. The highest BCUT2D eigenvalue weighted by Crippen LogP contribution is 2.24. The Morgan fingerprint density at radius 2 is 2.25 bits per heavy atom. The van der Waals surface area contributed by atoms with Crippen LogP contribution in [-0.2, 0) is 0 Å². The summed E-state index contributed by atoms with van der Waals surface area (Å²) < 4.78 is 5.23. The molecular formula is C12H11NO3. The van der Waals surface area contributed by atoms with Crippen molar-refractivity contribution in [2.75, 3.05) is 6.61 Å². The molecule has 0 unspecified atom stereocenters. The van der Waals surface area contributed by atoms with E-state index in [2.05, 4.69) is 0 Å². The monoisotopic (exact) mass is 217 g/mol. The van der Waals surface area contributed by atoms with Crippen LogP contribution in [0.25, 0.3) is 0 Å². The summed E-state index contributed by atoms with van der Waals surface area (Å²) >= 11 is 0. The van der Waals surface area contributed by atoms with Crippen molar-refractivity contribution in [2.45, 2.75) is 13.8 Å². The molecule has 0 radical (unpaired) electrons. The average molecular weight is 217 g/mol. The van der Waals surface area contributed by atoms with Gasteiger partial charge in [0.25, 0.3) is 0 Å². The number of benzene rings is 1. The van der Waals surface area contributed by atoms with Crippen LogP contribution in [-0.4, -0.2) is 18.7 Å². The fourth-order valence-corrected chi connectivity index (χ4v) is 1.37. The van der Waals surface area contributed by atoms with Crippen molar-refractivity contribution in [1.82, 2.24) is 0 Å². The van der Waals surface area contributed by atoms with Crippen LogP contribution in [0.15, 0.2) is 12.1 Å². The lowest BCUT2D eigenvalue weighted by Crippen LogP contribution is -2.03. The second kappa shape index (κ2) is 5.08. The number of ether oxygens (including phenoxy) is 1. The standard InChI is InChI=1S/C12H11NO3/c1-3-16-12-5-9(7-14)4-10(8(2)15)11(12)6-13/h4-5,7H,3H2,1-2H3. The molecule has 0 N–H and O–H groups in total. The normalized spacial score (nSPS) is 9.31. The van der Waals surface area contributed by atoms with Gasteiger partial charge in [-0.05, 0) is 26.0 Å². The molecule has 1 aromatic rings. The highest BCUT2D eigenvalue weighted by molar-refractivity contribution is 5.99.